The van der Waals surface area contributed by atoms with Gasteiger partial charge in [-0.3, -0.25) is 14.6 Å². The lowest BCUT2D eigenvalue weighted by Gasteiger charge is -2.37. The maximum Gasteiger partial charge on any atom is 0.251 e. The van der Waals surface area contributed by atoms with Crippen LogP contribution in [0.25, 0.3) is 22.3 Å². The fourth-order valence-electron chi connectivity index (χ4n) is 4.73. The van der Waals surface area contributed by atoms with E-state index in [0.29, 0.717) is 40.5 Å². The van der Waals surface area contributed by atoms with Gasteiger partial charge < -0.3 is 15.5 Å². The number of fused-ring (bicyclic) bond motifs is 1. The zero-order valence-electron chi connectivity index (χ0n) is 22.7. The number of carbonyl (C=O) groups excluding carboxylic acids is 2. The second-order valence-corrected chi connectivity index (χ2v) is 12.1. The van der Waals surface area contributed by atoms with Crippen LogP contribution in [0.15, 0.2) is 65.7 Å². The molecule has 10 nitrogen and oxygen atoms in total. The van der Waals surface area contributed by atoms with Crippen molar-refractivity contribution in [3.05, 3.63) is 77.6 Å². The maximum absolute atomic E-state index is 12.8. The molecule has 3 aromatic heterocycles. The first-order valence-electron chi connectivity index (χ1n) is 12.9. The summed E-state index contributed by atoms with van der Waals surface area (Å²) in [7, 11) is -3.45. The lowest BCUT2D eigenvalue weighted by molar-refractivity contribution is -0.123. The van der Waals surface area contributed by atoms with Gasteiger partial charge in [0, 0.05) is 36.0 Å². The molecule has 206 valence electrons. The van der Waals surface area contributed by atoms with Crippen LogP contribution in [0.1, 0.15) is 35.5 Å². The summed E-state index contributed by atoms with van der Waals surface area (Å²) in [4.78, 5) is 41.2. The van der Waals surface area contributed by atoms with E-state index < -0.39 is 15.7 Å². The number of pyridine rings is 3. The highest BCUT2D eigenvalue weighted by atomic mass is 32.2. The van der Waals surface area contributed by atoms with Crippen molar-refractivity contribution in [1.82, 2.24) is 25.6 Å². The number of anilines is 1. The van der Waals surface area contributed by atoms with Crippen LogP contribution >= 0.6 is 0 Å². The zero-order valence-corrected chi connectivity index (χ0v) is 23.5. The minimum absolute atomic E-state index is 0.0205. The number of hydrogen-bond acceptors (Lipinski definition) is 8. The largest absolute Gasteiger partial charge is 0.350 e. The van der Waals surface area contributed by atoms with Crippen LogP contribution < -0.4 is 15.5 Å². The number of benzene rings is 1. The van der Waals surface area contributed by atoms with Gasteiger partial charge in [0.25, 0.3) is 5.91 Å². The number of carbonyl (C=O) groups is 2. The minimum atomic E-state index is -3.45. The van der Waals surface area contributed by atoms with E-state index in [-0.39, 0.29) is 35.0 Å². The summed E-state index contributed by atoms with van der Waals surface area (Å²) < 4.78 is 24.1. The molecule has 1 aliphatic rings. The van der Waals surface area contributed by atoms with Crippen LogP contribution in [0.2, 0.25) is 0 Å². The summed E-state index contributed by atoms with van der Waals surface area (Å²) in [5.74, 6) is 0.284. The number of hydrogen-bond donors (Lipinski definition) is 2. The molecule has 2 atom stereocenters. The number of nitrogens with zero attached hydrogens (tertiary/aromatic N) is 4. The first kappa shape index (κ1) is 27.2. The maximum atomic E-state index is 12.8. The van der Waals surface area contributed by atoms with Crippen molar-refractivity contribution in [2.75, 3.05) is 17.7 Å². The van der Waals surface area contributed by atoms with E-state index in [1.807, 2.05) is 49.1 Å². The van der Waals surface area contributed by atoms with Crippen LogP contribution in [-0.2, 0) is 21.2 Å². The molecule has 4 heterocycles. The molecule has 1 fully saturated rings. The fourth-order valence-corrected chi connectivity index (χ4v) is 5.73. The average molecular weight is 559 g/mol. The molecular weight excluding hydrogens is 528 g/mol. The molecular formula is C29H30N6O4S. The molecule has 0 unspecified atom stereocenters. The summed E-state index contributed by atoms with van der Waals surface area (Å²) in [6, 6.07) is 15.6. The Kier molecular flexibility index (Phi) is 7.24. The Morgan fingerprint density at radius 3 is 2.62 bits per heavy atom. The Bertz CT molecular complexity index is 1740. The number of nitrogens with one attached hydrogen (secondary N) is 2. The van der Waals surface area contributed by atoms with Crippen LogP contribution in [0.5, 0.6) is 0 Å². The quantitative estimate of drug-likeness (QED) is 0.369. The van der Waals surface area contributed by atoms with Crippen molar-refractivity contribution in [3.63, 3.8) is 0 Å². The second-order valence-electron chi connectivity index (χ2n) is 10.1. The average Bonchev–Trinajstić information content (AvgIpc) is 2.93. The third-order valence-electron chi connectivity index (χ3n) is 6.91. The van der Waals surface area contributed by atoms with Crippen LogP contribution in [0.3, 0.4) is 0 Å². The van der Waals surface area contributed by atoms with Gasteiger partial charge in [0.1, 0.15) is 11.9 Å². The van der Waals surface area contributed by atoms with Gasteiger partial charge in [-0.25, -0.2) is 18.4 Å². The zero-order chi connectivity index (χ0) is 28.6. The molecule has 0 aliphatic carbocycles. The van der Waals surface area contributed by atoms with Gasteiger partial charge in [-0.1, -0.05) is 12.1 Å². The monoisotopic (exact) mass is 558 g/mol. The fraction of sp³-hybridized carbons (Fsp3) is 0.276. The van der Waals surface area contributed by atoms with Gasteiger partial charge >= 0.3 is 0 Å². The normalized spacial score (nSPS) is 17.5. The highest BCUT2D eigenvalue weighted by Gasteiger charge is 2.30. The number of piperazine rings is 1. The lowest BCUT2D eigenvalue weighted by atomic mass is 10.1. The second kappa shape index (κ2) is 10.6. The molecule has 40 heavy (non-hydrogen) atoms. The van der Waals surface area contributed by atoms with Crippen molar-refractivity contribution in [3.8, 4) is 11.4 Å². The lowest BCUT2D eigenvalue weighted by Crippen LogP contribution is -2.58. The van der Waals surface area contributed by atoms with Gasteiger partial charge in [0.05, 0.1) is 34.0 Å². The summed E-state index contributed by atoms with van der Waals surface area (Å²) in [5, 5.41) is 6.60. The van der Waals surface area contributed by atoms with E-state index in [4.69, 9.17) is 9.97 Å². The van der Waals surface area contributed by atoms with E-state index in [0.717, 1.165) is 11.6 Å². The molecule has 11 heteroatoms. The van der Waals surface area contributed by atoms with E-state index in [2.05, 4.69) is 15.6 Å². The van der Waals surface area contributed by atoms with E-state index >= 15 is 0 Å². The molecule has 5 rings (SSSR count). The van der Waals surface area contributed by atoms with E-state index in [1.54, 1.807) is 31.3 Å². The summed E-state index contributed by atoms with van der Waals surface area (Å²) in [6.07, 6.45) is 2.82. The molecule has 2 N–H and O–H groups in total. The summed E-state index contributed by atoms with van der Waals surface area (Å²) in [6.45, 7) is 6.32. The Morgan fingerprint density at radius 1 is 1.07 bits per heavy atom. The molecule has 1 saturated heterocycles. The minimum Gasteiger partial charge on any atom is -0.350 e. The van der Waals surface area contributed by atoms with Gasteiger partial charge in [0.2, 0.25) is 5.91 Å². The van der Waals surface area contributed by atoms with Crippen molar-refractivity contribution in [1.29, 1.82) is 0 Å². The van der Waals surface area contributed by atoms with Crippen molar-refractivity contribution in [2.45, 2.75) is 44.3 Å². The molecule has 0 radical (unpaired) electrons. The molecule has 0 saturated carbocycles. The molecule has 1 aromatic carbocycles. The van der Waals surface area contributed by atoms with Crippen LogP contribution in [-0.4, -0.2) is 60.1 Å². The standard InChI is InChI=1S/C29H30N6O4S/c1-17-8-9-20(12-26(17)40(4,38)39)29(37)31-15-22-13-25-21(14-30-22)10-11-24(33-25)23-6-5-7-27(34-23)35-16-18(2)32-28(36)19(35)3/h5-14,18-19H,15-16H2,1-4H3,(H,31,37)(H,32,36)/t18-,19-/m0/s1. The number of aromatic nitrogens is 3. The van der Waals surface area contributed by atoms with Crippen molar-refractivity contribution < 1.29 is 18.0 Å². The van der Waals surface area contributed by atoms with Gasteiger partial charge in [-0.05, 0) is 68.8 Å². The van der Waals surface area contributed by atoms with Gasteiger partial charge in [0.15, 0.2) is 9.84 Å². The number of rotatable bonds is 6. The smallest absolute Gasteiger partial charge is 0.251 e. The molecule has 0 spiro atoms. The van der Waals surface area contributed by atoms with Crippen molar-refractivity contribution >= 4 is 38.4 Å². The molecule has 2 amide bonds. The first-order chi connectivity index (χ1) is 19.0. The highest BCUT2D eigenvalue weighted by Crippen LogP contribution is 2.24. The van der Waals surface area contributed by atoms with Crippen molar-refractivity contribution in [2.24, 2.45) is 0 Å². The predicted octanol–water partition coefficient (Wildman–Crippen LogP) is 3.05. The third-order valence-corrected chi connectivity index (χ3v) is 8.15. The molecule has 4 aromatic rings. The summed E-state index contributed by atoms with van der Waals surface area (Å²) in [5.41, 5.74) is 3.49. The van der Waals surface area contributed by atoms with Crippen LogP contribution in [0, 0.1) is 6.92 Å². The van der Waals surface area contributed by atoms with Gasteiger partial charge in [-0.2, -0.15) is 0 Å². The van der Waals surface area contributed by atoms with Gasteiger partial charge in [-0.15, -0.1) is 0 Å². The first-order valence-corrected chi connectivity index (χ1v) is 14.8. The van der Waals surface area contributed by atoms with Crippen LogP contribution in [0.4, 0.5) is 5.82 Å². The predicted molar refractivity (Wildman–Crippen MR) is 153 cm³/mol. The molecule has 0 bridgehead atoms. The highest BCUT2D eigenvalue weighted by molar-refractivity contribution is 7.90. The topological polar surface area (TPSA) is 134 Å². The third kappa shape index (κ3) is 5.64. The van der Waals surface area contributed by atoms with E-state index in [9.17, 15) is 18.0 Å². The van der Waals surface area contributed by atoms with E-state index in [1.165, 1.54) is 6.07 Å². The molecule has 1 aliphatic heterocycles. The number of aryl methyl sites for hydroxylation is 1. The SMILES string of the molecule is Cc1ccc(C(=O)NCc2cc3nc(-c4cccc(N5C[C@H](C)NC(=O)[C@@H]5C)n4)ccc3cn2)cc1S(C)(=O)=O. The Labute approximate surface area is 232 Å². The number of amides is 2. The summed E-state index contributed by atoms with van der Waals surface area (Å²) >= 11 is 0. The Morgan fingerprint density at radius 2 is 1.85 bits per heavy atom. The Hall–Kier alpha value is -4.38. The Balaban J connectivity index is 1.36. The number of sulfone groups is 1.